The first-order valence-corrected chi connectivity index (χ1v) is 12.4. The lowest BCUT2D eigenvalue weighted by Crippen LogP contribution is -2.21. The molecule has 9 nitrogen and oxygen atoms in total. The summed E-state index contributed by atoms with van der Waals surface area (Å²) in [5.74, 6) is 1.55. The monoisotopic (exact) mass is 509 g/mol. The third-order valence-electron chi connectivity index (χ3n) is 6.36. The number of aromatic nitrogens is 4. The lowest BCUT2D eigenvalue weighted by molar-refractivity contribution is -0.115. The molecule has 3 aromatic heterocycles. The number of anilines is 2. The van der Waals surface area contributed by atoms with E-state index in [1.165, 1.54) is 6.08 Å². The number of carbonyl (C=O) groups excluding carboxylic acids is 2. The summed E-state index contributed by atoms with van der Waals surface area (Å²) in [5.41, 5.74) is 9.72. The van der Waals surface area contributed by atoms with Crippen LogP contribution in [0.15, 0.2) is 86.0 Å². The molecule has 0 aliphatic carbocycles. The lowest BCUT2D eigenvalue weighted by Gasteiger charge is -2.16. The van der Waals surface area contributed by atoms with Crippen LogP contribution in [-0.2, 0) is 11.2 Å². The van der Waals surface area contributed by atoms with Crippen LogP contribution < -0.4 is 16.4 Å². The predicted octanol–water partition coefficient (Wildman–Crippen LogP) is 4.79. The first-order chi connectivity index (χ1) is 18.4. The third kappa shape index (κ3) is 6.12. The number of hydrogen-bond acceptors (Lipinski definition) is 6. The average Bonchev–Trinajstić information content (AvgIpc) is 3.31. The van der Waals surface area contributed by atoms with Crippen molar-refractivity contribution in [1.82, 2.24) is 24.7 Å². The lowest BCUT2D eigenvalue weighted by atomic mass is 9.95. The molecular formula is C29H31N7O2. The number of nitrogens with zero attached hydrogens (tertiary/aromatic N) is 4. The van der Waals surface area contributed by atoms with Gasteiger partial charge in [-0.05, 0) is 49.1 Å². The van der Waals surface area contributed by atoms with Crippen molar-refractivity contribution in [3.63, 3.8) is 0 Å². The Balaban J connectivity index is 1.53. The van der Waals surface area contributed by atoms with Crippen LogP contribution in [0.5, 0.6) is 0 Å². The molecule has 9 heteroatoms. The Hall–Kier alpha value is -4.79. The average molecular weight is 510 g/mol. The van der Waals surface area contributed by atoms with Gasteiger partial charge in [-0.1, -0.05) is 44.7 Å². The summed E-state index contributed by atoms with van der Waals surface area (Å²) in [6.07, 6.45) is 9.55. The van der Waals surface area contributed by atoms with Crippen molar-refractivity contribution in [1.29, 1.82) is 0 Å². The number of nitrogens with one attached hydrogen (secondary N) is 2. The van der Waals surface area contributed by atoms with Crippen molar-refractivity contribution < 1.29 is 9.59 Å². The zero-order valence-electron chi connectivity index (χ0n) is 21.4. The Bertz CT molecular complexity index is 1460. The molecule has 0 saturated carbocycles. The Labute approximate surface area is 221 Å². The van der Waals surface area contributed by atoms with Crippen LogP contribution >= 0.6 is 0 Å². The fourth-order valence-electron chi connectivity index (χ4n) is 4.32. The van der Waals surface area contributed by atoms with Crippen LogP contribution in [0.1, 0.15) is 42.4 Å². The first-order valence-electron chi connectivity index (χ1n) is 12.4. The molecule has 4 aromatic rings. The van der Waals surface area contributed by atoms with E-state index >= 15 is 0 Å². The highest BCUT2D eigenvalue weighted by atomic mass is 16.2. The van der Waals surface area contributed by atoms with Gasteiger partial charge in [-0.2, -0.15) is 0 Å². The van der Waals surface area contributed by atoms with Gasteiger partial charge in [-0.15, -0.1) is 0 Å². The van der Waals surface area contributed by atoms with Crippen LogP contribution in [-0.4, -0.2) is 31.2 Å². The number of allylic oxidation sites excluding steroid dienone is 1. The van der Waals surface area contributed by atoms with Crippen LogP contribution in [0.2, 0.25) is 0 Å². The van der Waals surface area contributed by atoms with E-state index in [1.54, 1.807) is 36.7 Å². The number of hydrogen-bond donors (Lipinski definition) is 3. The van der Waals surface area contributed by atoms with Crippen molar-refractivity contribution in [3.05, 3.63) is 97.4 Å². The number of rotatable bonds is 11. The summed E-state index contributed by atoms with van der Waals surface area (Å²) in [7, 11) is 0. The fourth-order valence-corrected chi connectivity index (χ4v) is 4.32. The number of benzene rings is 1. The minimum Gasteiger partial charge on any atom is -0.382 e. The van der Waals surface area contributed by atoms with Crippen molar-refractivity contribution in [2.45, 2.75) is 32.6 Å². The summed E-state index contributed by atoms with van der Waals surface area (Å²) >= 11 is 0. The molecule has 194 valence electrons. The minimum atomic E-state index is -0.253. The Morgan fingerprint density at radius 2 is 1.92 bits per heavy atom. The molecule has 1 unspecified atom stereocenters. The molecule has 0 radical (unpaired) electrons. The summed E-state index contributed by atoms with van der Waals surface area (Å²) < 4.78 is 1.97. The minimum absolute atomic E-state index is 0.247. The van der Waals surface area contributed by atoms with Gasteiger partial charge in [0.25, 0.3) is 5.91 Å². The van der Waals surface area contributed by atoms with Gasteiger partial charge in [0.05, 0.1) is 0 Å². The Kier molecular flexibility index (Phi) is 8.27. The summed E-state index contributed by atoms with van der Waals surface area (Å²) in [4.78, 5) is 37.5. The first kappa shape index (κ1) is 26.3. The van der Waals surface area contributed by atoms with Gasteiger partial charge in [0, 0.05) is 41.8 Å². The van der Waals surface area contributed by atoms with Crippen molar-refractivity contribution in [3.8, 4) is 11.3 Å². The van der Waals surface area contributed by atoms with Gasteiger partial charge < -0.3 is 16.4 Å². The standard InChI is InChI=1S/C29H31N7O2/c1-4-20(18-19(3)33-25(37)5-2)9-14-24-35-26(27-28(30)32-16-17-36(24)27)21-10-12-22(13-11-21)29(38)34-23-8-6-7-15-31-23/h5-8,10-13,15-17,20H,2-4,9,14,18H2,1H3,(H2,30,32)(H,33,37)(H,31,34,38). The Morgan fingerprint density at radius 1 is 1.13 bits per heavy atom. The zero-order valence-corrected chi connectivity index (χ0v) is 21.4. The SMILES string of the molecule is C=CC(=O)NC(=C)CC(CC)CCc1nc(-c2ccc(C(=O)Nc3ccccn3)cc2)c2c(N)nccn12. The van der Waals surface area contributed by atoms with Gasteiger partial charge >= 0.3 is 0 Å². The van der Waals surface area contributed by atoms with Gasteiger partial charge in [0.2, 0.25) is 5.91 Å². The second-order valence-corrected chi connectivity index (χ2v) is 8.97. The maximum Gasteiger partial charge on any atom is 0.256 e. The molecule has 4 N–H and O–H groups in total. The van der Waals surface area contributed by atoms with Crippen molar-refractivity contribution >= 4 is 29.0 Å². The number of imidazole rings is 1. The Morgan fingerprint density at radius 3 is 2.61 bits per heavy atom. The van der Waals surface area contributed by atoms with Crippen LogP contribution in [0.25, 0.3) is 16.8 Å². The predicted molar refractivity (Wildman–Crippen MR) is 149 cm³/mol. The highest BCUT2D eigenvalue weighted by Gasteiger charge is 2.18. The second kappa shape index (κ2) is 12.0. The summed E-state index contributed by atoms with van der Waals surface area (Å²) in [6.45, 7) is 9.58. The van der Waals surface area contributed by atoms with Crippen LogP contribution in [0, 0.1) is 5.92 Å². The van der Waals surface area contributed by atoms with Crippen LogP contribution in [0.4, 0.5) is 11.6 Å². The summed E-state index contributed by atoms with van der Waals surface area (Å²) in [5, 5.41) is 5.54. The molecule has 0 bridgehead atoms. The number of fused-ring (bicyclic) bond motifs is 1. The fraction of sp³-hybridized carbons (Fsp3) is 0.207. The van der Waals surface area contributed by atoms with Crippen LogP contribution in [0.3, 0.4) is 0 Å². The van der Waals surface area contributed by atoms with Gasteiger partial charge in [0.1, 0.15) is 28.7 Å². The summed E-state index contributed by atoms with van der Waals surface area (Å²) in [6, 6.07) is 12.5. The molecule has 0 saturated heterocycles. The normalized spacial score (nSPS) is 11.6. The maximum absolute atomic E-state index is 12.6. The number of nitrogen functional groups attached to an aromatic ring is 1. The molecular weight excluding hydrogens is 478 g/mol. The quantitative estimate of drug-likeness (QED) is 0.250. The van der Waals surface area contributed by atoms with Crippen molar-refractivity contribution in [2.75, 3.05) is 11.1 Å². The van der Waals surface area contributed by atoms with Gasteiger partial charge in [-0.3, -0.25) is 14.0 Å². The highest BCUT2D eigenvalue weighted by molar-refractivity contribution is 6.04. The maximum atomic E-state index is 12.6. The van der Waals surface area contributed by atoms with E-state index in [9.17, 15) is 9.59 Å². The smallest absolute Gasteiger partial charge is 0.256 e. The molecule has 0 spiro atoms. The molecule has 1 aromatic carbocycles. The number of nitrogens with two attached hydrogens (primary N) is 1. The molecule has 38 heavy (non-hydrogen) atoms. The van der Waals surface area contributed by atoms with E-state index in [0.717, 1.165) is 29.7 Å². The molecule has 3 heterocycles. The molecule has 0 fully saturated rings. The molecule has 4 rings (SSSR count). The van der Waals surface area contributed by atoms with Gasteiger partial charge in [0.15, 0.2) is 0 Å². The topological polar surface area (TPSA) is 127 Å². The van der Waals surface area contributed by atoms with E-state index in [1.807, 2.05) is 28.8 Å². The zero-order chi connectivity index (χ0) is 27.1. The largest absolute Gasteiger partial charge is 0.382 e. The second-order valence-electron chi connectivity index (χ2n) is 8.97. The van der Waals surface area contributed by atoms with Crippen molar-refractivity contribution in [2.24, 2.45) is 5.92 Å². The number of carbonyl (C=O) groups is 2. The number of aryl methyl sites for hydroxylation is 1. The molecule has 0 aliphatic heterocycles. The number of pyridine rings is 1. The van der Waals surface area contributed by atoms with E-state index in [-0.39, 0.29) is 11.8 Å². The highest BCUT2D eigenvalue weighted by Crippen LogP contribution is 2.30. The molecule has 2 amide bonds. The van der Waals surface area contributed by atoms with E-state index in [2.05, 4.69) is 40.7 Å². The molecule has 0 aliphatic rings. The third-order valence-corrected chi connectivity index (χ3v) is 6.36. The van der Waals surface area contributed by atoms with E-state index < -0.39 is 0 Å². The number of amides is 2. The van der Waals surface area contributed by atoms with E-state index in [0.29, 0.717) is 47.3 Å². The van der Waals surface area contributed by atoms with Gasteiger partial charge in [-0.25, -0.2) is 15.0 Å². The molecule has 1 atom stereocenters. The van der Waals surface area contributed by atoms with E-state index in [4.69, 9.17) is 10.7 Å².